The maximum atomic E-state index is 12.8. The number of hydrogen-bond acceptors (Lipinski definition) is 6. The first-order valence-electron chi connectivity index (χ1n) is 10.1. The zero-order valence-corrected chi connectivity index (χ0v) is 17.8. The van der Waals surface area contributed by atoms with Gasteiger partial charge in [-0.05, 0) is 29.8 Å². The smallest absolute Gasteiger partial charge is 0.414 e. The molecule has 3 rings (SSSR count). The van der Waals surface area contributed by atoms with E-state index in [9.17, 15) is 9.59 Å². The van der Waals surface area contributed by atoms with Crippen molar-refractivity contribution in [3.05, 3.63) is 59.7 Å². The van der Waals surface area contributed by atoms with Crippen LogP contribution in [0.2, 0.25) is 0 Å². The lowest BCUT2D eigenvalue weighted by Crippen LogP contribution is -2.47. The molecule has 0 aromatic heterocycles. The first-order chi connectivity index (χ1) is 14.5. The zero-order valence-electron chi connectivity index (χ0n) is 17.8. The number of hydrogen-bond donors (Lipinski definition) is 0. The molecule has 2 aromatic carbocycles. The third kappa shape index (κ3) is 5.81. The minimum atomic E-state index is -0.498. The lowest BCUT2D eigenvalue weighted by Gasteiger charge is -2.34. The highest BCUT2D eigenvalue weighted by atomic mass is 16.6. The molecule has 1 aliphatic heterocycles. The number of amides is 1. The second-order valence-corrected chi connectivity index (χ2v) is 7.58. The summed E-state index contributed by atoms with van der Waals surface area (Å²) < 4.78 is 10.6. The van der Waals surface area contributed by atoms with Crippen LogP contribution < -0.4 is 9.47 Å². The van der Waals surface area contributed by atoms with Gasteiger partial charge in [0.05, 0.1) is 19.2 Å². The molecule has 0 atom stereocenters. The van der Waals surface area contributed by atoms with Gasteiger partial charge in [0, 0.05) is 46.8 Å². The Labute approximate surface area is 177 Å². The van der Waals surface area contributed by atoms with Crippen LogP contribution in [0, 0.1) is 0 Å². The molecule has 0 spiro atoms. The highest BCUT2D eigenvalue weighted by molar-refractivity contribution is 6.00. The molecule has 0 unspecified atom stereocenters. The Hall–Kier alpha value is -2.90. The summed E-state index contributed by atoms with van der Waals surface area (Å²) in [6, 6.07) is 15.0. The number of ketones is 1. The fourth-order valence-electron chi connectivity index (χ4n) is 3.35. The monoisotopic (exact) mass is 411 g/mol. The van der Waals surface area contributed by atoms with Gasteiger partial charge in [0.1, 0.15) is 11.5 Å². The van der Waals surface area contributed by atoms with Crippen molar-refractivity contribution in [1.82, 2.24) is 14.7 Å². The number of benzene rings is 2. The van der Waals surface area contributed by atoms with E-state index in [1.54, 1.807) is 45.5 Å². The van der Waals surface area contributed by atoms with Crippen molar-refractivity contribution in [2.75, 3.05) is 53.9 Å². The van der Waals surface area contributed by atoms with Gasteiger partial charge in [-0.25, -0.2) is 4.79 Å². The minimum Gasteiger partial charge on any atom is -0.497 e. The van der Waals surface area contributed by atoms with Crippen molar-refractivity contribution in [3.8, 4) is 11.5 Å². The van der Waals surface area contributed by atoms with E-state index in [1.807, 2.05) is 12.1 Å². The van der Waals surface area contributed by atoms with Crippen LogP contribution in [-0.4, -0.2) is 80.5 Å². The number of carbonyl (C=O) groups excluding carboxylic acids is 2. The second-order valence-electron chi connectivity index (χ2n) is 7.58. The van der Waals surface area contributed by atoms with Gasteiger partial charge in [-0.3, -0.25) is 14.6 Å². The van der Waals surface area contributed by atoms with Crippen molar-refractivity contribution in [3.63, 3.8) is 0 Å². The Kier molecular flexibility index (Phi) is 7.43. The van der Waals surface area contributed by atoms with Crippen LogP contribution in [0.15, 0.2) is 48.5 Å². The van der Waals surface area contributed by atoms with Crippen molar-refractivity contribution < 1.29 is 19.1 Å². The summed E-state index contributed by atoms with van der Waals surface area (Å²) in [4.78, 5) is 30.6. The van der Waals surface area contributed by atoms with Gasteiger partial charge in [-0.15, -0.1) is 0 Å². The predicted octanol–water partition coefficient (Wildman–Crippen LogP) is 2.76. The highest BCUT2D eigenvalue weighted by Crippen LogP contribution is 2.20. The summed E-state index contributed by atoms with van der Waals surface area (Å²) in [6.07, 6.45) is -0.498. The fourth-order valence-corrected chi connectivity index (χ4v) is 3.35. The number of piperazine rings is 1. The molecule has 0 radical (unpaired) electrons. The van der Waals surface area contributed by atoms with Crippen LogP contribution in [0.5, 0.6) is 11.5 Å². The first-order valence-corrected chi connectivity index (χ1v) is 10.1. The summed E-state index contributed by atoms with van der Waals surface area (Å²) in [6.45, 7) is 4.64. The quantitative estimate of drug-likeness (QED) is 0.653. The third-order valence-corrected chi connectivity index (χ3v) is 5.15. The average molecular weight is 412 g/mol. The molecule has 0 aliphatic carbocycles. The second kappa shape index (κ2) is 10.2. The molecule has 1 aliphatic rings. The molecule has 7 nitrogen and oxygen atoms in total. The first kappa shape index (κ1) is 21.8. The van der Waals surface area contributed by atoms with Crippen LogP contribution in [0.3, 0.4) is 0 Å². The van der Waals surface area contributed by atoms with Gasteiger partial charge in [-0.1, -0.05) is 24.3 Å². The molecule has 160 valence electrons. The molecule has 0 saturated carbocycles. The van der Waals surface area contributed by atoms with E-state index in [-0.39, 0.29) is 5.78 Å². The molecule has 2 aromatic rings. The van der Waals surface area contributed by atoms with Crippen molar-refractivity contribution in [2.45, 2.75) is 6.54 Å². The fraction of sp³-hybridized carbons (Fsp3) is 0.391. The predicted molar refractivity (Wildman–Crippen MR) is 115 cm³/mol. The Morgan fingerprint density at radius 2 is 1.57 bits per heavy atom. The normalized spacial score (nSPS) is 14.9. The van der Waals surface area contributed by atoms with E-state index in [4.69, 9.17) is 9.47 Å². The largest absolute Gasteiger partial charge is 0.497 e. The number of rotatable bonds is 7. The maximum absolute atomic E-state index is 12.8. The van der Waals surface area contributed by atoms with Crippen LogP contribution >= 0.6 is 0 Å². The standard InChI is InChI=1S/C23H29N3O4/c1-24(2)23(28)30-22-7-5-4-6-20(22)21(27)17-26-14-12-25(13-15-26)16-18-8-10-19(29-3)11-9-18/h4-11H,12-17H2,1-3H3. The molecular weight excluding hydrogens is 382 g/mol. The third-order valence-electron chi connectivity index (χ3n) is 5.15. The molecule has 30 heavy (non-hydrogen) atoms. The minimum absolute atomic E-state index is 0.0410. The Bertz CT molecular complexity index is 859. The van der Waals surface area contributed by atoms with Crippen LogP contribution in [0.1, 0.15) is 15.9 Å². The molecule has 7 heteroatoms. The van der Waals surface area contributed by atoms with E-state index in [1.165, 1.54) is 10.5 Å². The number of carbonyl (C=O) groups is 2. The summed E-state index contributed by atoms with van der Waals surface area (Å²) in [5.41, 5.74) is 1.69. The van der Waals surface area contributed by atoms with E-state index in [2.05, 4.69) is 21.9 Å². The van der Waals surface area contributed by atoms with Gasteiger partial charge >= 0.3 is 6.09 Å². The van der Waals surface area contributed by atoms with Gasteiger partial charge in [0.15, 0.2) is 5.78 Å². The Balaban J connectivity index is 1.52. The van der Waals surface area contributed by atoms with Gasteiger partial charge in [-0.2, -0.15) is 0 Å². The molecule has 1 saturated heterocycles. The zero-order chi connectivity index (χ0) is 21.5. The molecule has 0 N–H and O–H groups in total. The van der Waals surface area contributed by atoms with E-state index < -0.39 is 6.09 Å². The van der Waals surface area contributed by atoms with E-state index in [0.29, 0.717) is 17.9 Å². The van der Waals surface area contributed by atoms with Gasteiger partial charge < -0.3 is 14.4 Å². The van der Waals surface area contributed by atoms with Crippen LogP contribution in [-0.2, 0) is 6.54 Å². The SMILES string of the molecule is COc1ccc(CN2CCN(CC(=O)c3ccccc3OC(=O)N(C)C)CC2)cc1. The average Bonchev–Trinajstić information content (AvgIpc) is 2.76. The van der Waals surface area contributed by atoms with E-state index >= 15 is 0 Å². The topological polar surface area (TPSA) is 62.3 Å². The summed E-state index contributed by atoms with van der Waals surface area (Å²) in [5, 5.41) is 0. The molecule has 0 bridgehead atoms. The van der Waals surface area contributed by atoms with E-state index in [0.717, 1.165) is 38.5 Å². The molecule has 1 fully saturated rings. The Morgan fingerprint density at radius 3 is 2.20 bits per heavy atom. The molecular formula is C23H29N3O4. The number of nitrogens with zero attached hydrogens (tertiary/aromatic N) is 3. The number of Topliss-reactive ketones (excluding diaryl/α,β-unsaturated/α-hetero) is 1. The Morgan fingerprint density at radius 1 is 0.933 bits per heavy atom. The van der Waals surface area contributed by atoms with Crippen LogP contribution in [0.25, 0.3) is 0 Å². The van der Waals surface area contributed by atoms with Crippen molar-refractivity contribution in [1.29, 1.82) is 0 Å². The van der Waals surface area contributed by atoms with Gasteiger partial charge in [0.2, 0.25) is 0 Å². The lowest BCUT2D eigenvalue weighted by molar-refractivity contribution is 0.0841. The molecule has 1 heterocycles. The van der Waals surface area contributed by atoms with Crippen LogP contribution in [0.4, 0.5) is 4.79 Å². The maximum Gasteiger partial charge on any atom is 0.414 e. The number of ether oxygens (including phenoxy) is 2. The van der Waals surface area contributed by atoms with Crippen molar-refractivity contribution >= 4 is 11.9 Å². The molecule has 1 amide bonds. The number of para-hydroxylation sites is 1. The van der Waals surface area contributed by atoms with Crippen molar-refractivity contribution in [2.24, 2.45) is 0 Å². The highest BCUT2D eigenvalue weighted by Gasteiger charge is 2.22. The number of methoxy groups -OCH3 is 1. The summed E-state index contributed by atoms with van der Waals surface area (Å²) in [7, 11) is 4.89. The lowest BCUT2D eigenvalue weighted by atomic mass is 10.1. The summed E-state index contributed by atoms with van der Waals surface area (Å²) >= 11 is 0. The summed E-state index contributed by atoms with van der Waals surface area (Å²) in [5.74, 6) is 1.12. The van der Waals surface area contributed by atoms with Gasteiger partial charge in [0.25, 0.3) is 0 Å².